The molecule has 0 bridgehead atoms. The number of nitrogens with zero attached hydrogens (tertiary/aromatic N) is 2. The van der Waals surface area contributed by atoms with Crippen LogP contribution in [0.2, 0.25) is 0 Å². The third kappa shape index (κ3) is 3.59. The highest BCUT2D eigenvalue weighted by Gasteiger charge is 2.29. The van der Waals surface area contributed by atoms with Crippen molar-refractivity contribution in [2.24, 2.45) is 5.92 Å². The number of amides is 1. The fraction of sp³-hybridized carbons (Fsp3) is 0.400. The maximum atomic E-state index is 11.7. The van der Waals surface area contributed by atoms with E-state index in [0.29, 0.717) is 23.9 Å². The summed E-state index contributed by atoms with van der Waals surface area (Å²) in [6.45, 7) is 2.19. The second-order valence-electron chi connectivity index (χ2n) is 5.04. The van der Waals surface area contributed by atoms with E-state index in [2.05, 4.69) is 15.5 Å². The van der Waals surface area contributed by atoms with Gasteiger partial charge in [-0.1, -0.05) is 18.1 Å². The fourth-order valence-electron chi connectivity index (χ4n) is 1.89. The molecule has 3 rings (SSSR count). The molecule has 1 aliphatic carbocycles. The van der Waals surface area contributed by atoms with E-state index >= 15 is 0 Å². The minimum atomic E-state index is 0.0814. The maximum Gasteiger partial charge on any atom is 0.227 e. The molecular formula is C15H17N3O3. The maximum absolute atomic E-state index is 11.7. The number of hydrogen-bond acceptors (Lipinski definition) is 5. The van der Waals surface area contributed by atoms with E-state index < -0.39 is 0 Å². The molecule has 6 nitrogen and oxygen atoms in total. The van der Waals surface area contributed by atoms with Gasteiger partial charge in [0.25, 0.3) is 0 Å². The Balaban J connectivity index is 1.58. The number of benzene rings is 1. The number of rotatable bonds is 6. The van der Waals surface area contributed by atoms with Gasteiger partial charge in [-0.2, -0.15) is 4.98 Å². The van der Waals surface area contributed by atoms with Crippen molar-refractivity contribution in [2.45, 2.75) is 32.8 Å². The number of aryl methyl sites for hydroxylation is 1. The molecule has 1 aromatic heterocycles. The van der Waals surface area contributed by atoms with Crippen molar-refractivity contribution in [2.75, 3.05) is 5.32 Å². The smallest absolute Gasteiger partial charge is 0.227 e. The van der Waals surface area contributed by atoms with E-state index in [1.807, 2.05) is 25.1 Å². The molecule has 6 heteroatoms. The van der Waals surface area contributed by atoms with Crippen LogP contribution in [0.5, 0.6) is 5.75 Å². The van der Waals surface area contributed by atoms with E-state index in [1.54, 1.807) is 6.07 Å². The van der Waals surface area contributed by atoms with Crippen LogP contribution in [-0.4, -0.2) is 16.0 Å². The highest BCUT2D eigenvalue weighted by molar-refractivity contribution is 5.94. The van der Waals surface area contributed by atoms with Gasteiger partial charge in [0, 0.05) is 24.1 Å². The lowest BCUT2D eigenvalue weighted by Crippen LogP contribution is -2.13. The van der Waals surface area contributed by atoms with Crippen molar-refractivity contribution in [3.63, 3.8) is 0 Å². The average Bonchev–Trinajstić information content (AvgIpc) is 3.25. The Labute approximate surface area is 122 Å². The first kappa shape index (κ1) is 13.6. The SMILES string of the molecule is CCc1nc(COc2cccc(NC(=O)C3CC3)c2)no1. The molecule has 0 radical (unpaired) electrons. The molecule has 1 amide bonds. The van der Waals surface area contributed by atoms with Gasteiger partial charge in [-0.3, -0.25) is 4.79 Å². The first-order chi connectivity index (χ1) is 10.2. The summed E-state index contributed by atoms with van der Waals surface area (Å²) in [5.74, 6) is 2.03. The molecule has 0 unspecified atom stereocenters. The number of carbonyl (C=O) groups is 1. The molecule has 1 saturated carbocycles. The van der Waals surface area contributed by atoms with Gasteiger partial charge >= 0.3 is 0 Å². The zero-order valence-electron chi connectivity index (χ0n) is 11.8. The number of anilines is 1. The van der Waals surface area contributed by atoms with Crippen molar-refractivity contribution < 1.29 is 14.1 Å². The van der Waals surface area contributed by atoms with Crippen molar-refractivity contribution in [1.29, 1.82) is 0 Å². The molecule has 1 N–H and O–H groups in total. The van der Waals surface area contributed by atoms with Gasteiger partial charge in [-0.15, -0.1) is 0 Å². The van der Waals surface area contributed by atoms with Gasteiger partial charge in [-0.25, -0.2) is 0 Å². The zero-order valence-corrected chi connectivity index (χ0v) is 11.8. The zero-order chi connectivity index (χ0) is 14.7. The summed E-state index contributed by atoms with van der Waals surface area (Å²) >= 11 is 0. The van der Waals surface area contributed by atoms with Crippen LogP contribution in [0, 0.1) is 5.92 Å². The lowest BCUT2D eigenvalue weighted by atomic mass is 10.3. The van der Waals surface area contributed by atoms with Crippen molar-refractivity contribution in [1.82, 2.24) is 10.1 Å². The largest absolute Gasteiger partial charge is 0.485 e. The lowest BCUT2D eigenvalue weighted by Gasteiger charge is -2.07. The summed E-state index contributed by atoms with van der Waals surface area (Å²) in [6, 6.07) is 7.30. The van der Waals surface area contributed by atoms with Crippen LogP contribution in [0.3, 0.4) is 0 Å². The van der Waals surface area contributed by atoms with Crippen LogP contribution in [-0.2, 0) is 17.8 Å². The lowest BCUT2D eigenvalue weighted by molar-refractivity contribution is -0.117. The number of ether oxygens (including phenoxy) is 1. The summed E-state index contributed by atoms with van der Waals surface area (Å²) in [4.78, 5) is 15.9. The van der Waals surface area contributed by atoms with E-state index in [9.17, 15) is 4.79 Å². The first-order valence-corrected chi connectivity index (χ1v) is 7.10. The van der Waals surface area contributed by atoms with Crippen LogP contribution in [0.25, 0.3) is 0 Å². The molecule has 1 aromatic carbocycles. The Hall–Kier alpha value is -2.37. The average molecular weight is 287 g/mol. The van der Waals surface area contributed by atoms with Gasteiger partial charge in [0.1, 0.15) is 5.75 Å². The quantitative estimate of drug-likeness (QED) is 0.883. The van der Waals surface area contributed by atoms with Crippen LogP contribution in [0.15, 0.2) is 28.8 Å². The third-order valence-electron chi connectivity index (χ3n) is 3.23. The molecule has 1 heterocycles. The highest BCUT2D eigenvalue weighted by Crippen LogP contribution is 2.30. The van der Waals surface area contributed by atoms with Crippen LogP contribution in [0.4, 0.5) is 5.69 Å². The Morgan fingerprint density at radius 2 is 2.33 bits per heavy atom. The summed E-state index contributed by atoms with van der Waals surface area (Å²) in [5, 5.41) is 6.71. The molecule has 21 heavy (non-hydrogen) atoms. The van der Waals surface area contributed by atoms with Crippen LogP contribution >= 0.6 is 0 Å². The third-order valence-corrected chi connectivity index (χ3v) is 3.23. The number of nitrogens with one attached hydrogen (secondary N) is 1. The first-order valence-electron chi connectivity index (χ1n) is 7.10. The molecule has 0 spiro atoms. The fourth-order valence-corrected chi connectivity index (χ4v) is 1.89. The summed E-state index contributed by atoms with van der Waals surface area (Å²) < 4.78 is 10.6. The molecule has 2 aromatic rings. The number of aromatic nitrogens is 2. The Bertz CT molecular complexity index is 635. The van der Waals surface area contributed by atoms with E-state index in [-0.39, 0.29) is 18.4 Å². The van der Waals surface area contributed by atoms with Crippen LogP contribution < -0.4 is 10.1 Å². The normalized spacial score (nSPS) is 14.0. The van der Waals surface area contributed by atoms with Crippen molar-refractivity contribution in [3.05, 3.63) is 36.0 Å². The minimum Gasteiger partial charge on any atom is -0.485 e. The molecule has 0 atom stereocenters. The summed E-state index contributed by atoms with van der Waals surface area (Å²) in [7, 11) is 0. The molecule has 0 saturated heterocycles. The molecule has 1 fully saturated rings. The van der Waals surface area contributed by atoms with Gasteiger partial charge < -0.3 is 14.6 Å². The van der Waals surface area contributed by atoms with Crippen molar-refractivity contribution >= 4 is 11.6 Å². The van der Waals surface area contributed by atoms with E-state index in [1.165, 1.54) is 0 Å². The summed E-state index contributed by atoms with van der Waals surface area (Å²) in [5.41, 5.74) is 0.742. The monoisotopic (exact) mass is 287 g/mol. The highest BCUT2D eigenvalue weighted by atomic mass is 16.5. The Morgan fingerprint density at radius 3 is 3.05 bits per heavy atom. The predicted molar refractivity (Wildman–Crippen MR) is 75.8 cm³/mol. The minimum absolute atomic E-state index is 0.0814. The topological polar surface area (TPSA) is 77.2 Å². The van der Waals surface area contributed by atoms with E-state index in [0.717, 1.165) is 18.5 Å². The Morgan fingerprint density at radius 1 is 1.48 bits per heavy atom. The molecular weight excluding hydrogens is 270 g/mol. The van der Waals surface area contributed by atoms with E-state index in [4.69, 9.17) is 9.26 Å². The molecule has 0 aliphatic heterocycles. The van der Waals surface area contributed by atoms with Gasteiger partial charge in [0.05, 0.1) is 0 Å². The number of hydrogen-bond donors (Lipinski definition) is 1. The second kappa shape index (κ2) is 5.95. The van der Waals surface area contributed by atoms with Gasteiger partial charge in [-0.05, 0) is 25.0 Å². The van der Waals surface area contributed by atoms with Gasteiger partial charge in [0.2, 0.25) is 17.6 Å². The van der Waals surface area contributed by atoms with Crippen LogP contribution in [0.1, 0.15) is 31.5 Å². The predicted octanol–water partition coefficient (Wildman–Crippen LogP) is 2.56. The Kier molecular flexibility index (Phi) is 3.85. The molecule has 110 valence electrons. The van der Waals surface area contributed by atoms with Crippen molar-refractivity contribution in [3.8, 4) is 5.75 Å². The number of carbonyl (C=O) groups excluding carboxylic acids is 1. The summed E-state index contributed by atoms with van der Waals surface area (Å²) in [6.07, 6.45) is 2.68. The second-order valence-corrected chi connectivity index (χ2v) is 5.04. The molecule has 1 aliphatic rings. The standard InChI is InChI=1S/C15H17N3O3/c1-2-14-17-13(18-21-14)9-20-12-5-3-4-11(8-12)16-15(19)10-6-7-10/h3-5,8,10H,2,6-7,9H2,1H3,(H,16,19). The van der Waals surface area contributed by atoms with Gasteiger partial charge in [0.15, 0.2) is 6.61 Å².